The average molecular weight is 356 g/mol. The minimum absolute atomic E-state index is 0.293. The number of allylic oxidation sites excluding steroid dienone is 1. The highest BCUT2D eigenvalue weighted by atomic mass is 16.6. The minimum Gasteiger partial charge on any atom is -0.493 e. The Hall–Kier alpha value is -3.91. The van der Waals surface area contributed by atoms with Crippen molar-refractivity contribution >= 4 is 17.6 Å². The van der Waals surface area contributed by atoms with Crippen LogP contribution in [0, 0.1) is 11.3 Å². The summed E-state index contributed by atoms with van der Waals surface area (Å²) in [4.78, 5) is 16.1. The molecule has 132 valence electrons. The standard InChI is InChI=1S/C22H16N2O3/c1-26-21-13-16(12-19(14-23)17-6-3-2-4-7-17)9-10-20(21)27-22(25)18-8-5-11-24-15-18/h2-13,15H,1H3/b19-12-. The van der Waals surface area contributed by atoms with Crippen molar-refractivity contribution in [2.75, 3.05) is 7.11 Å². The van der Waals surface area contributed by atoms with Crippen molar-refractivity contribution in [1.82, 2.24) is 4.98 Å². The van der Waals surface area contributed by atoms with Gasteiger partial charge in [0.1, 0.15) is 0 Å². The van der Waals surface area contributed by atoms with Gasteiger partial charge in [-0.3, -0.25) is 4.98 Å². The average Bonchev–Trinajstić information content (AvgIpc) is 2.74. The molecule has 0 unspecified atom stereocenters. The van der Waals surface area contributed by atoms with Gasteiger partial charge in [0.25, 0.3) is 0 Å². The number of aromatic nitrogens is 1. The summed E-state index contributed by atoms with van der Waals surface area (Å²) in [6, 6.07) is 20.0. The molecule has 0 aliphatic rings. The minimum atomic E-state index is -0.522. The lowest BCUT2D eigenvalue weighted by Crippen LogP contribution is -2.09. The number of hydrogen-bond acceptors (Lipinski definition) is 5. The Morgan fingerprint density at radius 1 is 1.04 bits per heavy atom. The number of carbonyl (C=O) groups is 1. The number of pyridine rings is 1. The summed E-state index contributed by atoms with van der Waals surface area (Å²) in [5.41, 5.74) is 2.46. The van der Waals surface area contributed by atoms with Gasteiger partial charge in [0.15, 0.2) is 11.5 Å². The van der Waals surface area contributed by atoms with Gasteiger partial charge in [-0.25, -0.2) is 4.79 Å². The summed E-state index contributed by atoms with van der Waals surface area (Å²) in [5, 5.41) is 9.44. The van der Waals surface area contributed by atoms with Gasteiger partial charge in [-0.1, -0.05) is 36.4 Å². The first-order valence-corrected chi connectivity index (χ1v) is 8.18. The molecule has 0 aliphatic heterocycles. The molecule has 0 spiro atoms. The van der Waals surface area contributed by atoms with E-state index in [2.05, 4.69) is 11.1 Å². The zero-order valence-electron chi connectivity index (χ0n) is 14.6. The Bertz CT molecular complexity index is 1010. The van der Waals surface area contributed by atoms with E-state index in [4.69, 9.17) is 9.47 Å². The molecule has 0 amide bonds. The van der Waals surface area contributed by atoms with Crippen LogP contribution in [0.4, 0.5) is 0 Å². The number of hydrogen-bond donors (Lipinski definition) is 0. The van der Waals surface area contributed by atoms with Crippen LogP contribution in [-0.4, -0.2) is 18.1 Å². The Kier molecular flexibility index (Phi) is 5.60. The number of carbonyl (C=O) groups excluding carboxylic acids is 1. The van der Waals surface area contributed by atoms with Gasteiger partial charge in [0, 0.05) is 12.4 Å². The predicted molar refractivity (Wildman–Crippen MR) is 102 cm³/mol. The molecule has 3 rings (SSSR count). The first-order valence-electron chi connectivity index (χ1n) is 8.18. The van der Waals surface area contributed by atoms with Crippen LogP contribution in [0.5, 0.6) is 11.5 Å². The smallest absolute Gasteiger partial charge is 0.345 e. The molecule has 27 heavy (non-hydrogen) atoms. The van der Waals surface area contributed by atoms with Crippen LogP contribution >= 0.6 is 0 Å². The molecule has 0 bridgehead atoms. The molecular weight excluding hydrogens is 340 g/mol. The van der Waals surface area contributed by atoms with Crippen molar-refractivity contribution in [3.63, 3.8) is 0 Å². The third-order valence-electron chi connectivity index (χ3n) is 3.80. The van der Waals surface area contributed by atoms with Gasteiger partial charge in [-0.15, -0.1) is 0 Å². The molecule has 0 fully saturated rings. The van der Waals surface area contributed by atoms with Crippen molar-refractivity contribution in [2.45, 2.75) is 0 Å². The SMILES string of the molecule is COc1cc(/C=C(/C#N)c2ccccc2)ccc1OC(=O)c1cccnc1. The first-order chi connectivity index (χ1) is 13.2. The zero-order valence-corrected chi connectivity index (χ0v) is 14.6. The number of rotatable bonds is 5. The third kappa shape index (κ3) is 4.39. The van der Waals surface area contributed by atoms with E-state index in [1.807, 2.05) is 30.3 Å². The maximum Gasteiger partial charge on any atom is 0.345 e. The highest BCUT2D eigenvalue weighted by Crippen LogP contribution is 2.30. The maximum absolute atomic E-state index is 12.2. The number of methoxy groups -OCH3 is 1. The summed E-state index contributed by atoms with van der Waals surface area (Å²) in [7, 11) is 1.49. The fraction of sp³-hybridized carbons (Fsp3) is 0.0455. The number of benzene rings is 2. The Balaban J connectivity index is 1.87. The third-order valence-corrected chi connectivity index (χ3v) is 3.80. The van der Waals surface area contributed by atoms with Gasteiger partial charge < -0.3 is 9.47 Å². The van der Waals surface area contributed by atoms with E-state index >= 15 is 0 Å². The first kappa shape index (κ1) is 17.9. The molecule has 2 aromatic carbocycles. The zero-order chi connectivity index (χ0) is 19.1. The normalized spacial score (nSPS) is 10.7. The van der Waals surface area contributed by atoms with Gasteiger partial charge in [0.05, 0.1) is 24.3 Å². The number of nitrogens with zero attached hydrogens (tertiary/aromatic N) is 2. The lowest BCUT2D eigenvalue weighted by molar-refractivity contribution is 0.0729. The summed E-state index contributed by atoms with van der Waals surface area (Å²) in [6.07, 6.45) is 4.77. The molecule has 3 aromatic rings. The van der Waals surface area contributed by atoms with E-state index in [1.54, 1.807) is 42.6 Å². The second kappa shape index (κ2) is 8.45. The van der Waals surface area contributed by atoms with Crippen molar-refractivity contribution in [3.05, 3.63) is 89.7 Å². The van der Waals surface area contributed by atoms with E-state index in [0.717, 1.165) is 11.1 Å². The second-order valence-corrected chi connectivity index (χ2v) is 5.58. The Morgan fingerprint density at radius 2 is 1.81 bits per heavy atom. The summed E-state index contributed by atoms with van der Waals surface area (Å²) in [6.45, 7) is 0. The molecule has 1 heterocycles. The molecule has 5 nitrogen and oxygen atoms in total. The van der Waals surface area contributed by atoms with Crippen molar-refractivity contribution in [1.29, 1.82) is 5.26 Å². The fourth-order valence-electron chi connectivity index (χ4n) is 2.47. The second-order valence-electron chi connectivity index (χ2n) is 5.58. The Morgan fingerprint density at radius 3 is 2.48 bits per heavy atom. The van der Waals surface area contributed by atoms with Crippen LogP contribution in [0.1, 0.15) is 21.5 Å². The molecule has 0 saturated carbocycles. The van der Waals surface area contributed by atoms with Crippen LogP contribution in [0.15, 0.2) is 73.1 Å². The summed E-state index contributed by atoms with van der Waals surface area (Å²) in [5.74, 6) is 0.166. The maximum atomic E-state index is 12.2. The fourth-order valence-corrected chi connectivity index (χ4v) is 2.47. The molecule has 5 heteroatoms. The van der Waals surface area contributed by atoms with E-state index in [0.29, 0.717) is 22.6 Å². The number of ether oxygens (including phenoxy) is 2. The number of nitriles is 1. The van der Waals surface area contributed by atoms with Gasteiger partial charge >= 0.3 is 5.97 Å². The van der Waals surface area contributed by atoms with Crippen LogP contribution in [0.3, 0.4) is 0 Å². The molecule has 0 saturated heterocycles. The van der Waals surface area contributed by atoms with Crippen LogP contribution in [0.2, 0.25) is 0 Å². The Labute approximate surface area is 157 Å². The lowest BCUT2D eigenvalue weighted by Gasteiger charge is -2.10. The predicted octanol–water partition coefficient (Wildman–Crippen LogP) is 4.37. The van der Waals surface area contributed by atoms with E-state index < -0.39 is 5.97 Å². The van der Waals surface area contributed by atoms with Crippen LogP contribution in [-0.2, 0) is 0 Å². The highest BCUT2D eigenvalue weighted by Gasteiger charge is 2.13. The molecule has 0 N–H and O–H groups in total. The number of esters is 1. The van der Waals surface area contributed by atoms with E-state index in [-0.39, 0.29) is 0 Å². The summed E-state index contributed by atoms with van der Waals surface area (Å²) < 4.78 is 10.7. The van der Waals surface area contributed by atoms with Crippen molar-refractivity contribution < 1.29 is 14.3 Å². The van der Waals surface area contributed by atoms with E-state index in [1.165, 1.54) is 13.3 Å². The van der Waals surface area contributed by atoms with Gasteiger partial charge in [-0.05, 0) is 41.5 Å². The van der Waals surface area contributed by atoms with Gasteiger partial charge in [-0.2, -0.15) is 5.26 Å². The van der Waals surface area contributed by atoms with E-state index in [9.17, 15) is 10.1 Å². The van der Waals surface area contributed by atoms with Crippen molar-refractivity contribution in [3.8, 4) is 17.6 Å². The van der Waals surface area contributed by atoms with Gasteiger partial charge in [0.2, 0.25) is 0 Å². The lowest BCUT2D eigenvalue weighted by atomic mass is 10.0. The molecule has 0 atom stereocenters. The quantitative estimate of drug-likeness (QED) is 0.294. The molecule has 0 aliphatic carbocycles. The monoisotopic (exact) mass is 356 g/mol. The molecular formula is C22H16N2O3. The van der Waals surface area contributed by atoms with Crippen molar-refractivity contribution in [2.24, 2.45) is 0 Å². The van der Waals surface area contributed by atoms with Crippen LogP contribution in [0.25, 0.3) is 11.6 Å². The highest BCUT2D eigenvalue weighted by molar-refractivity contribution is 5.92. The summed E-state index contributed by atoms with van der Waals surface area (Å²) >= 11 is 0. The topological polar surface area (TPSA) is 72.2 Å². The molecule has 0 radical (unpaired) electrons. The van der Waals surface area contributed by atoms with Crippen LogP contribution < -0.4 is 9.47 Å². The largest absolute Gasteiger partial charge is 0.493 e. The molecule has 1 aromatic heterocycles.